The van der Waals surface area contributed by atoms with E-state index < -0.39 is 6.10 Å². The van der Waals surface area contributed by atoms with Crippen LogP contribution in [0.4, 0.5) is 0 Å². The minimum absolute atomic E-state index is 0.143. The van der Waals surface area contributed by atoms with Crippen LogP contribution in [0.3, 0.4) is 0 Å². The van der Waals surface area contributed by atoms with Crippen molar-refractivity contribution >= 4 is 16.7 Å². The first-order chi connectivity index (χ1) is 10.7. The first kappa shape index (κ1) is 16.4. The van der Waals surface area contributed by atoms with Crippen LogP contribution in [0, 0.1) is 0 Å². The summed E-state index contributed by atoms with van der Waals surface area (Å²) in [5, 5.41) is 18.1. The second-order valence-electron chi connectivity index (χ2n) is 5.10. The van der Waals surface area contributed by atoms with Gasteiger partial charge in [0, 0.05) is 20.2 Å². The number of aliphatic hydroxyl groups is 1. The molecule has 0 bridgehead atoms. The van der Waals surface area contributed by atoms with Gasteiger partial charge in [-0.05, 0) is 22.4 Å². The maximum absolute atomic E-state index is 11.6. The number of benzene rings is 2. The molecule has 1 amide bonds. The number of fused-ring (bicyclic) bond motifs is 1. The molecule has 0 aliphatic carbocycles. The van der Waals surface area contributed by atoms with Crippen molar-refractivity contribution in [2.75, 3.05) is 33.4 Å². The third-order valence-corrected chi connectivity index (χ3v) is 3.42. The van der Waals surface area contributed by atoms with E-state index in [0.717, 1.165) is 16.3 Å². The van der Waals surface area contributed by atoms with Crippen LogP contribution < -0.4 is 10.6 Å². The average Bonchev–Trinajstić information content (AvgIpc) is 2.56. The topological polar surface area (TPSA) is 70.6 Å². The smallest absolute Gasteiger partial charge is 0.234 e. The van der Waals surface area contributed by atoms with E-state index in [9.17, 15) is 9.90 Å². The molecule has 0 radical (unpaired) electrons. The maximum atomic E-state index is 11.6. The van der Waals surface area contributed by atoms with E-state index in [1.807, 2.05) is 42.5 Å². The van der Waals surface area contributed by atoms with Crippen molar-refractivity contribution in [2.24, 2.45) is 0 Å². The Morgan fingerprint density at radius 1 is 1.23 bits per heavy atom. The van der Waals surface area contributed by atoms with Gasteiger partial charge in [0.2, 0.25) is 5.91 Å². The zero-order valence-electron chi connectivity index (χ0n) is 12.7. The summed E-state index contributed by atoms with van der Waals surface area (Å²) in [5.74, 6) is -0.143. The summed E-state index contributed by atoms with van der Waals surface area (Å²) in [4.78, 5) is 11.6. The SMILES string of the molecule is COCCNCC(=O)NCC(O)c1ccc2ccccc2c1. The highest BCUT2D eigenvalue weighted by atomic mass is 16.5. The number of nitrogens with one attached hydrogen (secondary N) is 2. The zero-order valence-corrected chi connectivity index (χ0v) is 12.7. The van der Waals surface area contributed by atoms with Gasteiger partial charge in [-0.1, -0.05) is 36.4 Å². The number of ether oxygens (including phenoxy) is 1. The molecule has 0 aliphatic rings. The lowest BCUT2D eigenvalue weighted by molar-refractivity contribution is -0.120. The summed E-state index contributed by atoms with van der Waals surface area (Å²) < 4.78 is 4.88. The highest BCUT2D eigenvalue weighted by molar-refractivity contribution is 5.83. The molecule has 5 nitrogen and oxygen atoms in total. The first-order valence-electron chi connectivity index (χ1n) is 7.34. The summed E-state index contributed by atoms with van der Waals surface area (Å²) in [7, 11) is 1.61. The van der Waals surface area contributed by atoms with Crippen LogP contribution in [0.2, 0.25) is 0 Å². The Morgan fingerprint density at radius 2 is 2.00 bits per heavy atom. The van der Waals surface area contributed by atoms with Crippen LogP contribution in [0.15, 0.2) is 42.5 Å². The third-order valence-electron chi connectivity index (χ3n) is 3.42. The molecular weight excluding hydrogens is 280 g/mol. The van der Waals surface area contributed by atoms with Gasteiger partial charge < -0.3 is 20.5 Å². The Hall–Kier alpha value is -1.95. The predicted octanol–water partition coefficient (Wildman–Crippen LogP) is 1.23. The van der Waals surface area contributed by atoms with E-state index in [-0.39, 0.29) is 19.0 Å². The summed E-state index contributed by atoms with van der Waals surface area (Å²) in [6.45, 7) is 1.60. The molecule has 118 valence electrons. The average molecular weight is 302 g/mol. The van der Waals surface area contributed by atoms with Crippen LogP contribution >= 0.6 is 0 Å². The molecule has 0 aromatic heterocycles. The van der Waals surface area contributed by atoms with Crippen molar-refractivity contribution in [3.8, 4) is 0 Å². The molecule has 0 fully saturated rings. The van der Waals surface area contributed by atoms with Gasteiger partial charge in [0.15, 0.2) is 0 Å². The number of aliphatic hydroxyl groups excluding tert-OH is 1. The lowest BCUT2D eigenvalue weighted by atomic mass is 10.0. The Morgan fingerprint density at radius 3 is 2.77 bits per heavy atom. The van der Waals surface area contributed by atoms with E-state index in [1.54, 1.807) is 7.11 Å². The molecule has 2 rings (SSSR count). The van der Waals surface area contributed by atoms with E-state index in [2.05, 4.69) is 10.6 Å². The highest BCUT2D eigenvalue weighted by Crippen LogP contribution is 2.19. The van der Waals surface area contributed by atoms with Gasteiger partial charge in [0.25, 0.3) is 0 Å². The van der Waals surface area contributed by atoms with Gasteiger partial charge in [0.1, 0.15) is 0 Å². The Balaban J connectivity index is 1.83. The Labute approximate surface area is 130 Å². The van der Waals surface area contributed by atoms with Crippen LogP contribution in [-0.2, 0) is 9.53 Å². The van der Waals surface area contributed by atoms with Crippen LogP contribution in [0.1, 0.15) is 11.7 Å². The molecule has 2 aromatic carbocycles. The van der Waals surface area contributed by atoms with Crippen molar-refractivity contribution in [2.45, 2.75) is 6.10 Å². The lowest BCUT2D eigenvalue weighted by Crippen LogP contribution is -2.37. The lowest BCUT2D eigenvalue weighted by Gasteiger charge is -2.13. The normalized spacial score (nSPS) is 12.3. The van der Waals surface area contributed by atoms with Gasteiger partial charge >= 0.3 is 0 Å². The second kappa shape index (κ2) is 8.48. The standard InChI is InChI=1S/C17H22N2O3/c1-22-9-8-18-12-17(21)19-11-16(20)15-7-6-13-4-2-3-5-14(13)10-15/h2-7,10,16,18,20H,8-9,11-12H2,1H3,(H,19,21). The molecule has 2 aromatic rings. The Kier molecular flexibility index (Phi) is 6.33. The van der Waals surface area contributed by atoms with Crippen LogP contribution in [0.5, 0.6) is 0 Å². The Bertz CT molecular complexity index is 616. The van der Waals surface area contributed by atoms with Crippen molar-refractivity contribution in [1.29, 1.82) is 0 Å². The predicted molar refractivity (Wildman–Crippen MR) is 86.7 cm³/mol. The van der Waals surface area contributed by atoms with Crippen LogP contribution in [-0.4, -0.2) is 44.4 Å². The van der Waals surface area contributed by atoms with Crippen molar-refractivity contribution < 1.29 is 14.6 Å². The molecule has 0 saturated carbocycles. The number of rotatable bonds is 8. The summed E-state index contributed by atoms with van der Waals surface area (Å²) in [6, 6.07) is 13.8. The number of amides is 1. The number of methoxy groups -OCH3 is 1. The van der Waals surface area contributed by atoms with Gasteiger partial charge in [-0.15, -0.1) is 0 Å². The van der Waals surface area contributed by atoms with E-state index in [1.165, 1.54) is 0 Å². The van der Waals surface area contributed by atoms with Crippen molar-refractivity contribution in [1.82, 2.24) is 10.6 Å². The minimum atomic E-state index is -0.715. The fourth-order valence-electron chi connectivity index (χ4n) is 2.18. The summed E-state index contributed by atoms with van der Waals surface area (Å²) >= 11 is 0. The molecular formula is C17H22N2O3. The molecule has 1 atom stereocenters. The number of carbonyl (C=O) groups is 1. The fourth-order valence-corrected chi connectivity index (χ4v) is 2.18. The van der Waals surface area contributed by atoms with Crippen molar-refractivity contribution in [3.05, 3.63) is 48.0 Å². The fraction of sp³-hybridized carbons (Fsp3) is 0.353. The molecule has 0 saturated heterocycles. The molecule has 0 aliphatic heterocycles. The maximum Gasteiger partial charge on any atom is 0.234 e. The molecule has 0 spiro atoms. The molecule has 0 heterocycles. The van der Waals surface area contributed by atoms with E-state index >= 15 is 0 Å². The monoisotopic (exact) mass is 302 g/mol. The zero-order chi connectivity index (χ0) is 15.8. The molecule has 3 N–H and O–H groups in total. The van der Waals surface area contributed by atoms with E-state index in [4.69, 9.17) is 4.74 Å². The number of hydrogen-bond donors (Lipinski definition) is 3. The second-order valence-corrected chi connectivity index (χ2v) is 5.10. The van der Waals surface area contributed by atoms with Gasteiger partial charge in [-0.3, -0.25) is 4.79 Å². The summed E-state index contributed by atoms with van der Waals surface area (Å²) in [6.07, 6.45) is -0.715. The third kappa shape index (κ3) is 4.80. The first-order valence-corrected chi connectivity index (χ1v) is 7.34. The van der Waals surface area contributed by atoms with E-state index in [0.29, 0.717) is 13.2 Å². The highest BCUT2D eigenvalue weighted by Gasteiger charge is 2.10. The van der Waals surface area contributed by atoms with Crippen molar-refractivity contribution in [3.63, 3.8) is 0 Å². The minimum Gasteiger partial charge on any atom is -0.387 e. The van der Waals surface area contributed by atoms with Gasteiger partial charge in [-0.2, -0.15) is 0 Å². The summed E-state index contributed by atoms with van der Waals surface area (Å²) in [5.41, 5.74) is 0.798. The quantitative estimate of drug-likeness (QED) is 0.641. The molecule has 5 heteroatoms. The largest absolute Gasteiger partial charge is 0.387 e. The molecule has 1 unspecified atom stereocenters. The van der Waals surface area contributed by atoms with Gasteiger partial charge in [-0.25, -0.2) is 0 Å². The van der Waals surface area contributed by atoms with Crippen LogP contribution in [0.25, 0.3) is 10.8 Å². The molecule has 22 heavy (non-hydrogen) atoms. The van der Waals surface area contributed by atoms with Gasteiger partial charge in [0.05, 0.1) is 19.3 Å². The number of carbonyl (C=O) groups excluding carboxylic acids is 1. The number of hydrogen-bond acceptors (Lipinski definition) is 4.